The zero-order valence-electron chi connectivity index (χ0n) is 12.7. The minimum Gasteiger partial charge on any atom is -0.373 e. The van der Waals surface area contributed by atoms with Crippen LogP contribution in [0.25, 0.3) is 0 Å². The Bertz CT molecular complexity index is 419. The van der Waals surface area contributed by atoms with Crippen molar-refractivity contribution in [3.05, 3.63) is 11.7 Å². The largest absolute Gasteiger partial charge is 0.373 e. The molecule has 108 valence electrons. The molecule has 0 saturated carbocycles. The highest BCUT2D eigenvalue weighted by molar-refractivity contribution is 5.80. The first kappa shape index (κ1) is 15.8. The second-order valence-corrected chi connectivity index (χ2v) is 6.34. The Morgan fingerprint density at radius 1 is 1.37 bits per heavy atom. The van der Waals surface area contributed by atoms with Crippen LogP contribution in [0.15, 0.2) is 4.52 Å². The normalized spacial score (nSPS) is 13.8. The van der Waals surface area contributed by atoms with Gasteiger partial charge in [-0.15, -0.1) is 0 Å². The molecule has 1 rings (SSSR count). The summed E-state index contributed by atoms with van der Waals surface area (Å²) in [6.07, 6.45) is 0.487. The van der Waals surface area contributed by atoms with E-state index >= 15 is 0 Å². The summed E-state index contributed by atoms with van der Waals surface area (Å²) in [5, 5.41) is 3.92. The lowest BCUT2D eigenvalue weighted by Crippen LogP contribution is -2.21. The van der Waals surface area contributed by atoms with E-state index in [1.54, 1.807) is 7.11 Å². The molecule has 0 aliphatic carbocycles. The van der Waals surface area contributed by atoms with Crippen molar-refractivity contribution in [2.45, 2.75) is 53.6 Å². The van der Waals surface area contributed by atoms with Crippen molar-refractivity contribution in [2.75, 3.05) is 7.11 Å². The first-order chi connectivity index (χ1) is 8.74. The molecule has 1 aromatic heterocycles. The van der Waals surface area contributed by atoms with Crippen molar-refractivity contribution in [1.82, 2.24) is 10.1 Å². The van der Waals surface area contributed by atoms with E-state index in [1.807, 2.05) is 34.6 Å². The predicted octanol–water partition coefficient (Wildman–Crippen LogP) is 2.96. The van der Waals surface area contributed by atoms with Crippen LogP contribution in [0.4, 0.5) is 0 Å². The fourth-order valence-electron chi connectivity index (χ4n) is 1.99. The van der Waals surface area contributed by atoms with Crippen LogP contribution < -0.4 is 0 Å². The minimum atomic E-state index is -0.245. The molecule has 0 aliphatic rings. The number of hydrogen-bond donors (Lipinski definition) is 0. The molecule has 0 saturated heterocycles. The molecule has 0 amide bonds. The summed E-state index contributed by atoms with van der Waals surface area (Å²) in [7, 11) is 1.62. The summed E-state index contributed by atoms with van der Waals surface area (Å²) in [5.74, 6) is 1.33. The highest BCUT2D eigenvalue weighted by Crippen LogP contribution is 2.33. The van der Waals surface area contributed by atoms with E-state index in [4.69, 9.17) is 9.26 Å². The summed E-state index contributed by atoms with van der Waals surface area (Å²) >= 11 is 0. The third-order valence-electron chi connectivity index (χ3n) is 2.72. The van der Waals surface area contributed by atoms with Gasteiger partial charge in [0.25, 0.3) is 0 Å². The molecule has 0 radical (unpaired) electrons. The van der Waals surface area contributed by atoms with Gasteiger partial charge in [0.2, 0.25) is 11.7 Å². The number of hydrogen-bond acceptors (Lipinski definition) is 5. The van der Waals surface area contributed by atoms with Gasteiger partial charge >= 0.3 is 0 Å². The highest BCUT2D eigenvalue weighted by Gasteiger charge is 2.30. The van der Waals surface area contributed by atoms with Crippen LogP contribution in [0.3, 0.4) is 0 Å². The molecule has 0 spiro atoms. The summed E-state index contributed by atoms with van der Waals surface area (Å²) in [6.45, 7) is 10.2. The molecular formula is C14H24N2O3. The number of rotatable bonds is 6. The van der Waals surface area contributed by atoms with E-state index in [0.29, 0.717) is 24.1 Å². The number of aromatic nitrogens is 2. The van der Waals surface area contributed by atoms with Crippen LogP contribution in [0.2, 0.25) is 0 Å². The maximum atomic E-state index is 11.7. The van der Waals surface area contributed by atoms with E-state index in [0.717, 1.165) is 0 Å². The molecular weight excluding hydrogens is 244 g/mol. The molecule has 1 atom stereocenters. The number of Topliss-reactive ketones (excluding diaryl/α,β-unsaturated/α-hetero) is 1. The lowest BCUT2D eigenvalue weighted by atomic mass is 9.88. The van der Waals surface area contributed by atoms with Gasteiger partial charge in [-0.2, -0.15) is 4.98 Å². The van der Waals surface area contributed by atoms with Gasteiger partial charge in [-0.1, -0.05) is 39.8 Å². The highest BCUT2D eigenvalue weighted by atomic mass is 16.5. The van der Waals surface area contributed by atoms with Crippen molar-refractivity contribution < 1.29 is 14.1 Å². The molecule has 1 aromatic rings. The fourth-order valence-corrected chi connectivity index (χ4v) is 1.99. The van der Waals surface area contributed by atoms with E-state index in [2.05, 4.69) is 10.1 Å². The summed E-state index contributed by atoms with van der Waals surface area (Å²) in [5.41, 5.74) is -0.127. The van der Waals surface area contributed by atoms with Crippen LogP contribution in [-0.2, 0) is 16.0 Å². The quantitative estimate of drug-likeness (QED) is 0.793. The van der Waals surface area contributed by atoms with Crippen LogP contribution in [0.5, 0.6) is 0 Å². The van der Waals surface area contributed by atoms with Gasteiger partial charge in [0, 0.05) is 13.5 Å². The van der Waals surface area contributed by atoms with Crippen LogP contribution in [-0.4, -0.2) is 23.0 Å². The standard InChI is InChI=1S/C14H24N2O3/c1-9(2)7-10(17)8-11-15-13(16-19-11)12(18-6)14(3,4)5/h9,12H,7-8H2,1-6H3. The van der Waals surface area contributed by atoms with Crippen molar-refractivity contribution in [1.29, 1.82) is 0 Å². The van der Waals surface area contributed by atoms with E-state index in [-0.39, 0.29) is 23.7 Å². The van der Waals surface area contributed by atoms with Crippen LogP contribution in [0.1, 0.15) is 58.9 Å². The second-order valence-electron chi connectivity index (χ2n) is 6.34. The zero-order chi connectivity index (χ0) is 14.6. The first-order valence-corrected chi connectivity index (χ1v) is 6.61. The van der Waals surface area contributed by atoms with Gasteiger partial charge in [0.1, 0.15) is 11.9 Å². The fraction of sp³-hybridized carbons (Fsp3) is 0.786. The Morgan fingerprint density at radius 2 is 2.00 bits per heavy atom. The Morgan fingerprint density at radius 3 is 2.47 bits per heavy atom. The van der Waals surface area contributed by atoms with E-state index in [1.165, 1.54) is 0 Å². The van der Waals surface area contributed by atoms with Crippen LogP contribution >= 0.6 is 0 Å². The summed E-state index contributed by atoms with van der Waals surface area (Å²) in [6, 6.07) is 0. The maximum absolute atomic E-state index is 11.7. The van der Waals surface area contributed by atoms with Crippen molar-refractivity contribution >= 4 is 5.78 Å². The molecule has 0 N–H and O–H groups in total. The summed E-state index contributed by atoms with van der Waals surface area (Å²) < 4.78 is 10.5. The molecule has 0 aromatic carbocycles. The van der Waals surface area contributed by atoms with Gasteiger partial charge in [-0.3, -0.25) is 4.79 Å². The van der Waals surface area contributed by atoms with Gasteiger partial charge in [-0.25, -0.2) is 0 Å². The van der Waals surface area contributed by atoms with Crippen LogP contribution in [0, 0.1) is 11.3 Å². The number of ether oxygens (including phenoxy) is 1. The Labute approximate surface area is 114 Å². The number of methoxy groups -OCH3 is 1. The Hall–Kier alpha value is -1.23. The van der Waals surface area contributed by atoms with E-state index < -0.39 is 0 Å². The van der Waals surface area contributed by atoms with Gasteiger partial charge in [0.15, 0.2) is 0 Å². The van der Waals surface area contributed by atoms with Crippen molar-refractivity contribution in [3.63, 3.8) is 0 Å². The third kappa shape index (κ3) is 4.74. The average Bonchev–Trinajstić information content (AvgIpc) is 2.63. The number of nitrogens with zero attached hydrogens (tertiary/aromatic N) is 2. The molecule has 0 bridgehead atoms. The second kappa shape index (κ2) is 6.28. The smallest absolute Gasteiger partial charge is 0.234 e. The maximum Gasteiger partial charge on any atom is 0.234 e. The molecule has 5 nitrogen and oxygen atoms in total. The summed E-state index contributed by atoms with van der Waals surface area (Å²) in [4.78, 5) is 16.0. The molecule has 5 heteroatoms. The van der Waals surface area contributed by atoms with Gasteiger partial charge < -0.3 is 9.26 Å². The molecule has 1 heterocycles. The van der Waals surface area contributed by atoms with Crippen molar-refractivity contribution in [3.8, 4) is 0 Å². The number of ketones is 1. The molecule has 0 aliphatic heterocycles. The lowest BCUT2D eigenvalue weighted by molar-refractivity contribution is -0.119. The zero-order valence-corrected chi connectivity index (χ0v) is 12.7. The molecule has 19 heavy (non-hydrogen) atoms. The Kier molecular flexibility index (Phi) is 5.23. The third-order valence-corrected chi connectivity index (χ3v) is 2.72. The predicted molar refractivity (Wildman–Crippen MR) is 71.7 cm³/mol. The lowest BCUT2D eigenvalue weighted by Gasteiger charge is -2.26. The Balaban J connectivity index is 2.74. The monoisotopic (exact) mass is 268 g/mol. The average molecular weight is 268 g/mol. The van der Waals surface area contributed by atoms with E-state index in [9.17, 15) is 4.79 Å². The van der Waals surface area contributed by atoms with Gasteiger partial charge in [-0.05, 0) is 11.3 Å². The van der Waals surface area contributed by atoms with Gasteiger partial charge in [0.05, 0.1) is 6.42 Å². The van der Waals surface area contributed by atoms with Crippen molar-refractivity contribution in [2.24, 2.45) is 11.3 Å². The molecule has 0 fully saturated rings. The minimum absolute atomic E-state index is 0.120. The SMILES string of the molecule is COC(c1noc(CC(=O)CC(C)C)n1)C(C)(C)C. The topological polar surface area (TPSA) is 65.2 Å². The molecule has 1 unspecified atom stereocenters. The first-order valence-electron chi connectivity index (χ1n) is 6.61. The number of carbonyl (C=O) groups is 1. The number of carbonyl (C=O) groups excluding carboxylic acids is 1.